The lowest BCUT2D eigenvalue weighted by atomic mass is 9.95. The lowest BCUT2D eigenvalue weighted by Gasteiger charge is -2.24. The van der Waals surface area contributed by atoms with E-state index in [0.29, 0.717) is 29.2 Å². The zero-order valence-corrected chi connectivity index (χ0v) is 17.6. The van der Waals surface area contributed by atoms with Gasteiger partial charge in [-0.2, -0.15) is 0 Å². The number of likely N-dealkylation sites (tertiary alicyclic amines) is 1. The van der Waals surface area contributed by atoms with Crippen LogP contribution in [0, 0.1) is 10.1 Å². The molecule has 1 aliphatic rings. The molecule has 33 heavy (non-hydrogen) atoms. The largest absolute Gasteiger partial charge is 0.507 e. The summed E-state index contributed by atoms with van der Waals surface area (Å²) in [5.74, 6) is -1.09. The van der Waals surface area contributed by atoms with Gasteiger partial charge in [0.2, 0.25) is 0 Å². The molecule has 1 unspecified atom stereocenters. The van der Waals surface area contributed by atoms with Gasteiger partial charge < -0.3 is 19.2 Å². The SMILES string of the molecule is CCOc1ccc(/C(O)=C2\C(=O)C(=O)N(Cc3ccco3)C2c2cccc([N+](=O)[O-])c2)cc1. The highest BCUT2D eigenvalue weighted by molar-refractivity contribution is 6.46. The van der Waals surface area contributed by atoms with Crippen molar-refractivity contribution in [1.82, 2.24) is 4.90 Å². The van der Waals surface area contributed by atoms with Crippen LogP contribution in [0.1, 0.15) is 29.9 Å². The third-order valence-electron chi connectivity index (χ3n) is 5.28. The molecule has 1 fully saturated rings. The Bertz CT molecular complexity index is 1230. The van der Waals surface area contributed by atoms with Crippen molar-refractivity contribution in [2.75, 3.05) is 6.61 Å². The molecular formula is C24H20N2O7. The number of aliphatic hydroxyl groups excluding tert-OH is 1. The van der Waals surface area contributed by atoms with Gasteiger partial charge in [0.15, 0.2) is 0 Å². The summed E-state index contributed by atoms with van der Waals surface area (Å²) in [7, 11) is 0. The van der Waals surface area contributed by atoms with Crippen molar-refractivity contribution in [1.29, 1.82) is 0 Å². The summed E-state index contributed by atoms with van der Waals surface area (Å²) in [4.78, 5) is 38.0. The number of carbonyl (C=O) groups excluding carboxylic acids is 2. The maximum atomic E-state index is 13.0. The van der Waals surface area contributed by atoms with Crippen LogP contribution in [0.15, 0.2) is 76.9 Å². The molecule has 0 bridgehead atoms. The zero-order chi connectivity index (χ0) is 23.5. The number of non-ortho nitro benzene ring substituents is 1. The highest BCUT2D eigenvalue weighted by Gasteiger charge is 2.46. The third-order valence-corrected chi connectivity index (χ3v) is 5.28. The number of hydrogen-bond donors (Lipinski definition) is 1. The predicted octanol–water partition coefficient (Wildman–Crippen LogP) is 4.21. The van der Waals surface area contributed by atoms with Gasteiger partial charge in [-0.25, -0.2) is 0 Å². The number of nitro groups is 1. The molecule has 1 aliphatic heterocycles. The number of benzene rings is 2. The summed E-state index contributed by atoms with van der Waals surface area (Å²) in [5.41, 5.74) is 0.278. The number of hydrogen-bond acceptors (Lipinski definition) is 7. The molecule has 1 atom stereocenters. The second-order valence-electron chi connectivity index (χ2n) is 7.32. The number of rotatable bonds is 7. The molecule has 0 spiro atoms. The number of amides is 1. The van der Waals surface area contributed by atoms with E-state index in [9.17, 15) is 24.8 Å². The van der Waals surface area contributed by atoms with Crippen molar-refractivity contribution in [3.05, 3.63) is 99.5 Å². The smallest absolute Gasteiger partial charge is 0.296 e. The number of carbonyl (C=O) groups is 2. The summed E-state index contributed by atoms with van der Waals surface area (Å²) in [5, 5.41) is 22.4. The molecule has 168 valence electrons. The average Bonchev–Trinajstić information content (AvgIpc) is 3.42. The van der Waals surface area contributed by atoms with Gasteiger partial charge in [-0.05, 0) is 48.9 Å². The number of furan rings is 1. The van der Waals surface area contributed by atoms with Gasteiger partial charge in [0, 0.05) is 17.7 Å². The molecule has 1 saturated heterocycles. The summed E-state index contributed by atoms with van der Waals surface area (Å²) >= 11 is 0. The number of nitro benzene ring substituents is 1. The van der Waals surface area contributed by atoms with Gasteiger partial charge >= 0.3 is 0 Å². The summed E-state index contributed by atoms with van der Waals surface area (Å²) in [6.07, 6.45) is 1.44. The second kappa shape index (κ2) is 8.99. The van der Waals surface area contributed by atoms with Crippen LogP contribution >= 0.6 is 0 Å². The van der Waals surface area contributed by atoms with Gasteiger partial charge in [-0.1, -0.05) is 12.1 Å². The van der Waals surface area contributed by atoms with Crippen LogP contribution in [0.4, 0.5) is 5.69 Å². The molecule has 0 saturated carbocycles. The number of ketones is 1. The fraction of sp³-hybridized carbons (Fsp3) is 0.167. The monoisotopic (exact) mass is 448 g/mol. The van der Waals surface area contributed by atoms with Gasteiger partial charge in [0.05, 0.1) is 36.0 Å². The minimum Gasteiger partial charge on any atom is -0.507 e. The molecule has 0 radical (unpaired) electrons. The zero-order valence-electron chi connectivity index (χ0n) is 17.6. The third kappa shape index (κ3) is 4.20. The molecule has 1 N–H and O–H groups in total. The Hall–Kier alpha value is -4.40. The Balaban J connectivity index is 1.85. The standard InChI is InChI=1S/C24H20N2O7/c1-2-32-18-10-8-15(9-11-18)22(27)20-21(16-5-3-6-17(13-16)26(30)31)25(24(29)23(20)28)14-19-7-4-12-33-19/h3-13,21,27H,2,14H2,1H3/b22-20+. The molecule has 1 aromatic heterocycles. The van der Waals surface area contributed by atoms with Gasteiger partial charge in [-0.3, -0.25) is 19.7 Å². The Morgan fingerprint density at radius 2 is 1.91 bits per heavy atom. The number of Topliss-reactive ketones (excluding diaryl/α,β-unsaturated/α-hetero) is 1. The van der Waals surface area contributed by atoms with Crippen LogP contribution in [0.2, 0.25) is 0 Å². The minimum absolute atomic E-state index is 0.0506. The number of aliphatic hydroxyl groups is 1. The fourth-order valence-electron chi connectivity index (χ4n) is 3.80. The van der Waals surface area contributed by atoms with Crippen LogP contribution in [0.25, 0.3) is 5.76 Å². The first-order chi connectivity index (χ1) is 15.9. The lowest BCUT2D eigenvalue weighted by Crippen LogP contribution is -2.29. The molecular weight excluding hydrogens is 428 g/mol. The predicted molar refractivity (Wildman–Crippen MR) is 117 cm³/mol. The quantitative estimate of drug-likeness (QED) is 0.189. The fourth-order valence-corrected chi connectivity index (χ4v) is 3.80. The normalized spacial score (nSPS) is 17.4. The second-order valence-corrected chi connectivity index (χ2v) is 7.32. The summed E-state index contributed by atoms with van der Waals surface area (Å²) < 4.78 is 10.7. The van der Waals surface area contributed by atoms with Crippen LogP contribution in [0.5, 0.6) is 5.75 Å². The van der Waals surface area contributed by atoms with Crippen molar-refractivity contribution in [2.24, 2.45) is 0 Å². The molecule has 9 nitrogen and oxygen atoms in total. The van der Waals surface area contributed by atoms with E-state index >= 15 is 0 Å². The van der Waals surface area contributed by atoms with E-state index in [1.165, 1.54) is 29.4 Å². The highest BCUT2D eigenvalue weighted by atomic mass is 16.6. The van der Waals surface area contributed by atoms with Crippen molar-refractivity contribution in [3.63, 3.8) is 0 Å². The van der Waals surface area contributed by atoms with Crippen molar-refractivity contribution < 1.29 is 28.8 Å². The van der Waals surface area contributed by atoms with E-state index in [-0.39, 0.29) is 23.6 Å². The van der Waals surface area contributed by atoms with Gasteiger partial charge in [-0.15, -0.1) is 0 Å². The molecule has 1 amide bonds. The first-order valence-corrected chi connectivity index (χ1v) is 10.2. The van der Waals surface area contributed by atoms with Gasteiger partial charge in [0.25, 0.3) is 17.4 Å². The van der Waals surface area contributed by atoms with E-state index in [4.69, 9.17) is 9.15 Å². The molecule has 0 aliphatic carbocycles. The van der Waals surface area contributed by atoms with Crippen molar-refractivity contribution in [3.8, 4) is 5.75 Å². The average molecular weight is 448 g/mol. The van der Waals surface area contributed by atoms with E-state index in [0.717, 1.165) is 0 Å². The molecule has 4 rings (SSSR count). The van der Waals surface area contributed by atoms with Crippen molar-refractivity contribution in [2.45, 2.75) is 19.5 Å². The van der Waals surface area contributed by atoms with Gasteiger partial charge in [0.1, 0.15) is 17.3 Å². The Kier molecular flexibility index (Phi) is 5.95. The van der Waals surface area contributed by atoms with E-state index in [1.807, 2.05) is 6.92 Å². The Morgan fingerprint density at radius 1 is 1.15 bits per heavy atom. The van der Waals surface area contributed by atoms with Crippen LogP contribution < -0.4 is 4.74 Å². The Labute approximate surface area is 188 Å². The van der Waals surface area contributed by atoms with E-state index in [2.05, 4.69) is 0 Å². The first-order valence-electron chi connectivity index (χ1n) is 10.2. The summed E-state index contributed by atoms with van der Waals surface area (Å²) in [6.45, 7) is 2.26. The highest BCUT2D eigenvalue weighted by Crippen LogP contribution is 2.41. The van der Waals surface area contributed by atoms with Crippen molar-refractivity contribution >= 4 is 23.1 Å². The Morgan fingerprint density at radius 3 is 2.55 bits per heavy atom. The van der Waals surface area contributed by atoms with E-state index < -0.39 is 22.7 Å². The van der Waals surface area contributed by atoms with Crippen LogP contribution in [0.3, 0.4) is 0 Å². The topological polar surface area (TPSA) is 123 Å². The summed E-state index contributed by atoms with van der Waals surface area (Å²) in [6, 6.07) is 14.3. The number of nitrogens with zero attached hydrogens (tertiary/aromatic N) is 2. The molecule has 2 aromatic carbocycles. The maximum absolute atomic E-state index is 13.0. The molecule has 2 heterocycles. The molecule has 9 heteroatoms. The van der Waals surface area contributed by atoms with Crippen LogP contribution in [-0.4, -0.2) is 33.2 Å². The lowest BCUT2D eigenvalue weighted by molar-refractivity contribution is -0.384. The maximum Gasteiger partial charge on any atom is 0.296 e. The number of ether oxygens (including phenoxy) is 1. The minimum atomic E-state index is -1.04. The van der Waals surface area contributed by atoms with Crippen LogP contribution in [-0.2, 0) is 16.1 Å². The van der Waals surface area contributed by atoms with E-state index in [1.54, 1.807) is 42.5 Å². The first kappa shape index (κ1) is 21.8. The molecule has 3 aromatic rings.